The minimum absolute atomic E-state index is 0.245. The molecule has 1 heterocycles. The Labute approximate surface area is 136 Å². The number of aromatic amines is 1. The molecule has 0 aliphatic rings. The molecule has 0 atom stereocenters. The maximum Gasteiger partial charge on any atom is 0.286 e. The normalized spacial score (nSPS) is 10.1. The number of amides is 2. The van der Waals surface area contributed by atoms with E-state index in [1.807, 2.05) is 24.3 Å². The average molecular weight is 366 g/mol. The third-order valence-corrected chi connectivity index (χ3v) is 3.48. The lowest BCUT2D eigenvalue weighted by atomic mass is 10.1. The Kier molecular flexibility index (Phi) is 5.60. The molecule has 116 valence electrons. The number of aromatic nitrogens is 1. The van der Waals surface area contributed by atoms with Gasteiger partial charge in [0.1, 0.15) is 11.4 Å². The fraction of sp³-hybridized carbons (Fsp3) is 0.200. The number of para-hydroxylation sites is 1. The summed E-state index contributed by atoms with van der Waals surface area (Å²) in [6.45, 7) is 0. The summed E-state index contributed by atoms with van der Waals surface area (Å²) in [5.74, 6) is 0.0665. The van der Waals surface area contributed by atoms with Crippen LogP contribution in [0.2, 0.25) is 0 Å². The van der Waals surface area contributed by atoms with Crippen molar-refractivity contribution >= 4 is 27.7 Å². The molecule has 0 unspecified atom stereocenters. The van der Waals surface area contributed by atoms with Crippen molar-refractivity contribution in [1.82, 2.24) is 15.8 Å². The van der Waals surface area contributed by atoms with Gasteiger partial charge in [-0.1, -0.05) is 18.2 Å². The van der Waals surface area contributed by atoms with Crippen LogP contribution in [-0.2, 0) is 11.2 Å². The first-order valence-electron chi connectivity index (χ1n) is 6.65. The molecule has 0 fully saturated rings. The summed E-state index contributed by atoms with van der Waals surface area (Å²) in [7, 11) is 1.59. The van der Waals surface area contributed by atoms with Gasteiger partial charge in [-0.25, -0.2) is 0 Å². The molecule has 6 nitrogen and oxygen atoms in total. The molecular formula is C15H16BrN3O3. The summed E-state index contributed by atoms with van der Waals surface area (Å²) in [4.78, 5) is 26.3. The number of rotatable bonds is 5. The van der Waals surface area contributed by atoms with Crippen molar-refractivity contribution in [3.05, 3.63) is 52.3 Å². The Morgan fingerprint density at radius 1 is 1.27 bits per heavy atom. The van der Waals surface area contributed by atoms with Gasteiger partial charge >= 0.3 is 0 Å². The molecule has 7 heteroatoms. The second kappa shape index (κ2) is 7.65. The summed E-state index contributed by atoms with van der Waals surface area (Å²) >= 11 is 3.23. The number of aryl methyl sites for hydroxylation is 1. The van der Waals surface area contributed by atoms with Crippen molar-refractivity contribution in [2.24, 2.45) is 0 Å². The van der Waals surface area contributed by atoms with E-state index in [9.17, 15) is 9.59 Å². The molecule has 0 spiro atoms. The van der Waals surface area contributed by atoms with Crippen molar-refractivity contribution in [2.45, 2.75) is 12.8 Å². The van der Waals surface area contributed by atoms with E-state index in [0.717, 1.165) is 15.8 Å². The molecule has 0 radical (unpaired) electrons. The van der Waals surface area contributed by atoms with Crippen LogP contribution in [0.15, 0.2) is 41.0 Å². The first-order valence-corrected chi connectivity index (χ1v) is 7.44. The molecular weight excluding hydrogens is 350 g/mol. The fourth-order valence-corrected chi connectivity index (χ4v) is 2.26. The highest BCUT2D eigenvalue weighted by Gasteiger charge is 2.10. The van der Waals surface area contributed by atoms with Gasteiger partial charge in [-0.3, -0.25) is 20.4 Å². The number of hydrogen-bond donors (Lipinski definition) is 3. The Bertz CT molecular complexity index is 670. The number of carbonyl (C=O) groups is 2. The summed E-state index contributed by atoms with van der Waals surface area (Å²) in [6.07, 6.45) is 2.41. The van der Waals surface area contributed by atoms with Crippen LogP contribution in [0.3, 0.4) is 0 Å². The lowest BCUT2D eigenvalue weighted by molar-refractivity contribution is -0.121. The molecule has 22 heavy (non-hydrogen) atoms. The zero-order valence-electron chi connectivity index (χ0n) is 12.0. The summed E-state index contributed by atoms with van der Waals surface area (Å²) in [5.41, 5.74) is 6.04. The van der Waals surface area contributed by atoms with E-state index in [1.165, 1.54) is 0 Å². The van der Waals surface area contributed by atoms with E-state index in [-0.39, 0.29) is 12.3 Å². The lowest BCUT2D eigenvalue weighted by Crippen LogP contribution is -2.41. The lowest BCUT2D eigenvalue weighted by Gasteiger charge is -2.09. The molecule has 2 rings (SSSR count). The van der Waals surface area contributed by atoms with E-state index in [4.69, 9.17) is 4.74 Å². The second-order valence-electron chi connectivity index (χ2n) is 4.55. The Morgan fingerprint density at radius 2 is 2.05 bits per heavy atom. The number of methoxy groups -OCH3 is 1. The Morgan fingerprint density at radius 3 is 2.73 bits per heavy atom. The van der Waals surface area contributed by atoms with Crippen molar-refractivity contribution in [3.63, 3.8) is 0 Å². The number of hydrogen-bond acceptors (Lipinski definition) is 3. The molecule has 2 aromatic rings. The van der Waals surface area contributed by atoms with Gasteiger partial charge in [-0.2, -0.15) is 0 Å². The zero-order chi connectivity index (χ0) is 15.9. The van der Waals surface area contributed by atoms with Gasteiger partial charge < -0.3 is 9.72 Å². The predicted molar refractivity (Wildman–Crippen MR) is 85.4 cm³/mol. The average Bonchev–Trinajstić information content (AvgIpc) is 2.97. The summed E-state index contributed by atoms with van der Waals surface area (Å²) in [6, 6.07) is 9.13. The van der Waals surface area contributed by atoms with E-state index in [0.29, 0.717) is 12.1 Å². The summed E-state index contributed by atoms with van der Waals surface area (Å²) < 4.78 is 5.99. The van der Waals surface area contributed by atoms with Crippen LogP contribution in [0.1, 0.15) is 22.5 Å². The van der Waals surface area contributed by atoms with Crippen molar-refractivity contribution in [1.29, 1.82) is 0 Å². The third-order valence-electron chi connectivity index (χ3n) is 3.02. The third kappa shape index (κ3) is 4.36. The van der Waals surface area contributed by atoms with Gasteiger partial charge in [-0.15, -0.1) is 0 Å². The first-order chi connectivity index (χ1) is 10.6. The molecule has 0 aliphatic carbocycles. The molecule has 3 N–H and O–H groups in total. The van der Waals surface area contributed by atoms with Crippen LogP contribution in [0.5, 0.6) is 5.75 Å². The number of ether oxygens (including phenoxy) is 1. The number of carbonyl (C=O) groups excluding carboxylic acids is 2. The maximum atomic E-state index is 11.8. The van der Waals surface area contributed by atoms with Crippen LogP contribution in [0.25, 0.3) is 0 Å². The van der Waals surface area contributed by atoms with Crippen molar-refractivity contribution in [3.8, 4) is 5.75 Å². The van der Waals surface area contributed by atoms with E-state index in [1.54, 1.807) is 19.4 Å². The van der Waals surface area contributed by atoms with Crippen LogP contribution in [0.4, 0.5) is 0 Å². The molecule has 0 saturated carbocycles. The standard InChI is InChI=1S/C15H16BrN3O3/c1-22-13-5-3-2-4-10(13)6-7-14(20)18-19-15(21)12-8-11(16)9-17-12/h2-5,8-9,17H,6-7H2,1H3,(H,18,20)(H,19,21). The predicted octanol–water partition coefficient (Wildman–Crippen LogP) is 2.18. The van der Waals surface area contributed by atoms with E-state index < -0.39 is 5.91 Å². The number of hydrazine groups is 1. The van der Waals surface area contributed by atoms with Gasteiger partial charge in [0, 0.05) is 17.1 Å². The smallest absolute Gasteiger partial charge is 0.286 e. The minimum atomic E-state index is -0.406. The topological polar surface area (TPSA) is 83.2 Å². The van der Waals surface area contributed by atoms with Crippen LogP contribution >= 0.6 is 15.9 Å². The maximum absolute atomic E-state index is 11.8. The highest BCUT2D eigenvalue weighted by molar-refractivity contribution is 9.10. The van der Waals surface area contributed by atoms with Gasteiger partial charge in [0.25, 0.3) is 5.91 Å². The molecule has 0 saturated heterocycles. The van der Waals surface area contributed by atoms with Crippen molar-refractivity contribution < 1.29 is 14.3 Å². The monoisotopic (exact) mass is 365 g/mol. The minimum Gasteiger partial charge on any atom is -0.496 e. The summed E-state index contributed by atoms with van der Waals surface area (Å²) in [5, 5.41) is 0. The molecule has 0 bridgehead atoms. The van der Waals surface area contributed by atoms with E-state index >= 15 is 0 Å². The molecule has 1 aromatic heterocycles. The highest BCUT2D eigenvalue weighted by atomic mass is 79.9. The quantitative estimate of drug-likeness (QED) is 0.710. The zero-order valence-corrected chi connectivity index (χ0v) is 13.6. The van der Waals surface area contributed by atoms with Gasteiger partial charge in [0.2, 0.25) is 5.91 Å². The first kappa shape index (κ1) is 16.1. The Hall–Kier alpha value is -2.28. The van der Waals surface area contributed by atoms with Crippen molar-refractivity contribution in [2.75, 3.05) is 7.11 Å². The number of halogens is 1. The molecule has 1 aromatic carbocycles. The fourth-order valence-electron chi connectivity index (χ4n) is 1.91. The molecule has 0 aliphatic heterocycles. The highest BCUT2D eigenvalue weighted by Crippen LogP contribution is 2.18. The van der Waals surface area contributed by atoms with Crippen LogP contribution < -0.4 is 15.6 Å². The molecule has 2 amide bonds. The second-order valence-corrected chi connectivity index (χ2v) is 5.46. The van der Waals surface area contributed by atoms with Crippen LogP contribution in [-0.4, -0.2) is 23.9 Å². The van der Waals surface area contributed by atoms with E-state index in [2.05, 4.69) is 31.8 Å². The number of nitrogens with one attached hydrogen (secondary N) is 3. The number of benzene rings is 1. The van der Waals surface area contributed by atoms with Crippen LogP contribution in [0, 0.1) is 0 Å². The van der Waals surface area contributed by atoms with Gasteiger partial charge in [0.05, 0.1) is 7.11 Å². The van der Waals surface area contributed by atoms with Gasteiger partial charge in [0.15, 0.2) is 0 Å². The van der Waals surface area contributed by atoms with Gasteiger partial charge in [-0.05, 0) is 40.0 Å². The SMILES string of the molecule is COc1ccccc1CCC(=O)NNC(=O)c1cc(Br)c[nH]1. The number of H-pyrrole nitrogens is 1. The Balaban J connectivity index is 1.80. The largest absolute Gasteiger partial charge is 0.496 e.